The first-order chi connectivity index (χ1) is 13.5. The molecule has 1 amide bonds. The van der Waals surface area contributed by atoms with Gasteiger partial charge < -0.3 is 19.9 Å². The summed E-state index contributed by atoms with van der Waals surface area (Å²) in [5, 5.41) is 0. The second-order valence-electron chi connectivity index (χ2n) is 5.95. The number of primary amides is 1. The van der Waals surface area contributed by atoms with Crippen LogP contribution in [0.25, 0.3) is 11.3 Å². The number of nitrogens with two attached hydrogens (primary N) is 1. The van der Waals surface area contributed by atoms with Crippen LogP contribution in [0.3, 0.4) is 0 Å². The number of pyridine rings is 2. The van der Waals surface area contributed by atoms with E-state index in [1.54, 1.807) is 30.6 Å². The van der Waals surface area contributed by atoms with Crippen molar-refractivity contribution in [3.63, 3.8) is 0 Å². The van der Waals surface area contributed by atoms with Gasteiger partial charge in [-0.1, -0.05) is 13.0 Å². The molecule has 7 nitrogen and oxygen atoms in total. The molecule has 0 fully saturated rings. The van der Waals surface area contributed by atoms with E-state index in [0.29, 0.717) is 35.1 Å². The third-order valence-electron chi connectivity index (χ3n) is 4.22. The summed E-state index contributed by atoms with van der Waals surface area (Å²) in [4.78, 5) is 20.1. The van der Waals surface area contributed by atoms with Crippen molar-refractivity contribution in [2.75, 3.05) is 14.2 Å². The van der Waals surface area contributed by atoms with Crippen molar-refractivity contribution < 1.29 is 19.0 Å². The number of carbonyl (C=O) groups excluding carboxylic acids is 1. The van der Waals surface area contributed by atoms with Crippen LogP contribution in [0.5, 0.6) is 23.1 Å². The van der Waals surface area contributed by atoms with E-state index in [-0.39, 0.29) is 0 Å². The number of amides is 1. The van der Waals surface area contributed by atoms with E-state index in [9.17, 15) is 4.79 Å². The molecule has 3 rings (SSSR count). The second-order valence-corrected chi connectivity index (χ2v) is 5.95. The molecule has 0 atom stereocenters. The van der Waals surface area contributed by atoms with Crippen LogP contribution in [0.15, 0.2) is 48.8 Å². The highest BCUT2D eigenvalue weighted by molar-refractivity contribution is 5.95. The lowest BCUT2D eigenvalue weighted by Gasteiger charge is -2.11. The quantitative estimate of drug-likeness (QED) is 0.673. The van der Waals surface area contributed by atoms with Crippen LogP contribution in [0.2, 0.25) is 0 Å². The topological polar surface area (TPSA) is 96.6 Å². The molecule has 0 aliphatic heterocycles. The van der Waals surface area contributed by atoms with Crippen LogP contribution < -0.4 is 19.9 Å². The van der Waals surface area contributed by atoms with E-state index in [4.69, 9.17) is 19.9 Å². The van der Waals surface area contributed by atoms with Gasteiger partial charge in [-0.05, 0) is 30.2 Å². The van der Waals surface area contributed by atoms with Gasteiger partial charge in [-0.25, -0.2) is 4.98 Å². The minimum atomic E-state index is -0.436. The standard InChI is InChI=1S/C21H21N3O4/c1-4-13-9-14(5-6-17(13)20(22)25)18-10-15(7-8-23-18)28-16-11-19(26-2)21(27-3)24-12-16/h5-12H,4H2,1-3H3,(H2,22,25). The number of hydrogen-bond acceptors (Lipinski definition) is 6. The Labute approximate surface area is 163 Å². The Kier molecular flexibility index (Phi) is 5.74. The zero-order valence-corrected chi connectivity index (χ0v) is 15.9. The van der Waals surface area contributed by atoms with Gasteiger partial charge in [0.05, 0.1) is 26.1 Å². The van der Waals surface area contributed by atoms with Gasteiger partial charge in [-0.3, -0.25) is 9.78 Å². The highest BCUT2D eigenvalue weighted by atomic mass is 16.5. The maximum atomic E-state index is 11.5. The van der Waals surface area contributed by atoms with Gasteiger partial charge in [0.25, 0.3) is 5.88 Å². The van der Waals surface area contributed by atoms with E-state index in [1.807, 2.05) is 25.1 Å². The van der Waals surface area contributed by atoms with E-state index in [0.717, 1.165) is 16.8 Å². The van der Waals surface area contributed by atoms with Crippen LogP contribution >= 0.6 is 0 Å². The summed E-state index contributed by atoms with van der Waals surface area (Å²) in [5.41, 5.74) is 8.43. The fraction of sp³-hybridized carbons (Fsp3) is 0.190. The average Bonchev–Trinajstić information content (AvgIpc) is 2.73. The summed E-state index contributed by atoms with van der Waals surface area (Å²) in [6.45, 7) is 1.97. The van der Waals surface area contributed by atoms with Gasteiger partial charge in [-0.2, -0.15) is 0 Å². The van der Waals surface area contributed by atoms with Crippen LogP contribution in [-0.2, 0) is 6.42 Å². The molecule has 0 saturated carbocycles. The zero-order chi connectivity index (χ0) is 20.1. The number of carbonyl (C=O) groups is 1. The lowest BCUT2D eigenvalue weighted by Crippen LogP contribution is -2.13. The molecular weight excluding hydrogens is 358 g/mol. The SMILES string of the molecule is CCc1cc(-c2cc(Oc3cnc(OC)c(OC)c3)ccn2)ccc1C(N)=O. The summed E-state index contributed by atoms with van der Waals surface area (Å²) in [6, 6.07) is 10.7. The fourth-order valence-electron chi connectivity index (χ4n) is 2.82. The van der Waals surface area contributed by atoms with Crippen LogP contribution in [-0.4, -0.2) is 30.1 Å². The average molecular weight is 379 g/mol. The number of aryl methyl sites for hydroxylation is 1. The van der Waals surface area contributed by atoms with Gasteiger partial charge in [0.15, 0.2) is 5.75 Å². The second kappa shape index (κ2) is 8.39. The smallest absolute Gasteiger partial charge is 0.256 e. The summed E-state index contributed by atoms with van der Waals surface area (Å²) in [6.07, 6.45) is 3.91. The van der Waals surface area contributed by atoms with Crippen LogP contribution in [0, 0.1) is 0 Å². The number of nitrogens with zero attached hydrogens (tertiary/aromatic N) is 2. The molecule has 7 heteroatoms. The molecule has 0 bridgehead atoms. The molecule has 0 unspecified atom stereocenters. The molecule has 2 N–H and O–H groups in total. The van der Waals surface area contributed by atoms with Gasteiger partial charge in [-0.15, -0.1) is 0 Å². The summed E-state index contributed by atoms with van der Waals surface area (Å²) < 4.78 is 16.3. The predicted octanol–water partition coefficient (Wildman–Crippen LogP) is 3.61. The minimum absolute atomic E-state index is 0.381. The van der Waals surface area contributed by atoms with E-state index >= 15 is 0 Å². The van der Waals surface area contributed by atoms with Crippen LogP contribution in [0.4, 0.5) is 0 Å². The monoisotopic (exact) mass is 379 g/mol. The molecule has 0 aliphatic rings. The molecule has 0 aliphatic carbocycles. The van der Waals surface area contributed by atoms with E-state index < -0.39 is 5.91 Å². The molecule has 0 spiro atoms. The number of benzene rings is 1. The van der Waals surface area contributed by atoms with Gasteiger partial charge in [0.1, 0.15) is 11.5 Å². The van der Waals surface area contributed by atoms with E-state index in [2.05, 4.69) is 9.97 Å². The summed E-state index contributed by atoms with van der Waals surface area (Å²) in [5.74, 6) is 1.52. The van der Waals surface area contributed by atoms with Gasteiger partial charge >= 0.3 is 0 Å². The lowest BCUT2D eigenvalue weighted by molar-refractivity contribution is 0.0999. The molecule has 0 saturated heterocycles. The Bertz CT molecular complexity index is 1000. The third kappa shape index (κ3) is 4.03. The molecule has 1 aromatic carbocycles. The molecule has 0 radical (unpaired) electrons. The van der Waals surface area contributed by atoms with Crippen molar-refractivity contribution in [2.24, 2.45) is 5.73 Å². The van der Waals surface area contributed by atoms with Gasteiger partial charge in [0, 0.05) is 29.5 Å². The fourth-order valence-corrected chi connectivity index (χ4v) is 2.82. The molecular formula is C21H21N3O4. The number of methoxy groups -OCH3 is 2. The Hall–Kier alpha value is -3.61. The summed E-state index contributed by atoms with van der Waals surface area (Å²) in [7, 11) is 3.06. The van der Waals surface area contributed by atoms with E-state index in [1.165, 1.54) is 14.2 Å². The Morgan fingerprint density at radius 2 is 1.86 bits per heavy atom. The lowest BCUT2D eigenvalue weighted by atomic mass is 9.99. The first kappa shape index (κ1) is 19.2. The molecule has 144 valence electrons. The van der Waals surface area contributed by atoms with Crippen molar-refractivity contribution in [3.8, 4) is 34.4 Å². The molecule has 2 heterocycles. The van der Waals surface area contributed by atoms with Crippen molar-refractivity contribution >= 4 is 5.91 Å². The normalized spacial score (nSPS) is 10.4. The predicted molar refractivity (Wildman–Crippen MR) is 105 cm³/mol. The first-order valence-electron chi connectivity index (χ1n) is 8.70. The Balaban J connectivity index is 1.90. The number of hydrogen-bond donors (Lipinski definition) is 1. The van der Waals surface area contributed by atoms with Crippen molar-refractivity contribution in [3.05, 3.63) is 59.9 Å². The first-order valence-corrected chi connectivity index (χ1v) is 8.70. The number of rotatable bonds is 7. The number of aromatic nitrogens is 2. The van der Waals surface area contributed by atoms with Crippen molar-refractivity contribution in [1.29, 1.82) is 0 Å². The molecule has 28 heavy (non-hydrogen) atoms. The maximum Gasteiger partial charge on any atom is 0.256 e. The highest BCUT2D eigenvalue weighted by Gasteiger charge is 2.11. The number of ether oxygens (including phenoxy) is 3. The largest absolute Gasteiger partial charge is 0.491 e. The van der Waals surface area contributed by atoms with Crippen LogP contribution in [0.1, 0.15) is 22.8 Å². The molecule has 2 aromatic heterocycles. The highest BCUT2D eigenvalue weighted by Crippen LogP contribution is 2.32. The van der Waals surface area contributed by atoms with Gasteiger partial charge in [0.2, 0.25) is 5.91 Å². The minimum Gasteiger partial charge on any atom is -0.491 e. The Morgan fingerprint density at radius 3 is 2.54 bits per heavy atom. The third-order valence-corrected chi connectivity index (χ3v) is 4.22. The molecule has 3 aromatic rings. The maximum absolute atomic E-state index is 11.5. The van der Waals surface area contributed by atoms with Crippen molar-refractivity contribution in [2.45, 2.75) is 13.3 Å². The zero-order valence-electron chi connectivity index (χ0n) is 15.9. The van der Waals surface area contributed by atoms with Crippen molar-refractivity contribution in [1.82, 2.24) is 9.97 Å². The summed E-state index contributed by atoms with van der Waals surface area (Å²) >= 11 is 0. The Morgan fingerprint density at radius 1 is 1.04 bits per heavy atom.